The molecule has 2 amide bonds. The van der Waals surface area contributed by atoms with Crippen molar-refractivity contribution >= 4 is 34.8 Å². The number of hydrogen-bond acceptors (Lipinski definition) is 4. The van der Waals surface area contributed by atoms with Crippen LogP contribution in [-0.4, -0.2) is 49.5 Å². The van der Waals surface area contributed by atoms with E-state index >= 15 is 0 Å². The summed E-state index contributed by atoms with van der Waals surface area (Å²) in [4.78, 5) is 28.3. The number of hydrogen-bond donors (Lipinski definition) is 1. The Bertz CT molecular complexity index is 878. The highest BCUT2D eigenvalue weighted by molar-refractivity contribution is 6.34. The Kier molecular flexibility index (Phi) is 7.57. The lowest BCUT2D eigenvalue weighted by atomic mass is 10.1. The number of piperazine rings is 1. The van der Waals surface area contributed by atoms with Crippen molar-refractivity contribution in [1.82, 2.24) is 4.90 Å². The second kappa shape index (κ2) is 10.3. The number of anilines is 2. The Morgan fingerprint density at radius 2 is 1.77 bits per heavy atom. The number of amides is 2. The van der Waals surface area contributed by atoms with E-state index in [1.165, 1.54) is 0 Å². The number of carbonyl (C=O) groups is 2. The third-order valence-corrected chi connectivity index (χ3v) is 5.46. The molecule has 1 N–H and O–H groups in total. The number of para-hydroxylation sites is 1. The van der Waals surface area contributed by atoms with Crippen LogP contribution in [0.4, 0.5) is 11.4 Å². The molecule has 0 unspecified atom stereocenters. The van der Waals surface area contributed by atoms with Crippen LogP contribution in [0.15, 0.2) is 42.5 Å². The molecular formula is C23H28ClN3O3. The van der Waals surface area contributed by atoms with Crippen LogP contribution in [0.25, 0.3) is 0 Å². The molecule has 0 aromatic heterocycles. The molecule has 160 valence electrons. The maximum atomic E-state index is 12.8. The standard InChI is InChI=1S/C23H28ClN3O3/c1-3-4-16-30-19-10-8-18(9-11-19)23(29)25-21-7-5-6-20(24)22(21)27-14-12-26(13-15-27)17(2)28/h5-11H,3-4,12-16H2,1-2H3,(H,25,29). The smallest absolute Gasteiger partial charge is 0.255 e. The third-order valence-electron chi connectivity index (χ3n) is 5.16. The topological polar surface area (TPSA) is 61.9 Å². The molecule has 1 aliphatic heterocycles. The molecule has 0 spiro atoms. The fourth-order valence-corrected chi connectivity index (χ4v) is 3.71. The van der Waals surface area contributed by atoms with Gasteiger partial charge in [0.25, 0.3) is 5.91 Å². The quantitative estimate of drug-likeness (QED) is 0.661. The number of halogens is 1. The molecule has 7 heteroatoms. The summed E-state index contributed by atoms with van der Waals surface area (Å²) in [5, 5.41) is 3.56. The van der Waals surface area contributed by atoms with Crippen LogP contribution >= 0.6 is 11.6 Å². The molecule has 2 aromatic rings. The summed E-state index contributed by atoms with van der Waals surface area (Å²) >= 11 is 6.48. The van der Waals surface area contributed by atoms with E-state index in [-0.39, 0.29) is 11.8 Å². The highest BCUT2D eigenvalue weighted by atomic mass is 35.5. The van der Waals surface area contributed by atoms with Gasteiger partial charge in [-0.2, -0.15) is 0 Å². The Balaban J connectivity index is 1.70. The lowest BCUT2D eigenvalue weighted by Crippen LogP contribution is -2.48. The SMILES string of the molecule is CCCCOc1ccc(C(=O)Nc2cccc(Cl)c2N2CCN(C(C)=O)CC2)cc1. The number of ether oxygens (including phenoxy) is 1. The molecule has 6 nitrogen and oxygen atoms in total. The molecule has 3 rings (SSSR count). The molecule has 0 saturated carbocycles. The first-order valence-electron chi connectivity index (χ1n) is 10.3. The first-order valence-corrected chi connectivity index (χ1v) is 10.7. The van der Waals surface area contributed by atoms with E-state index in [1.54, 1.807) is 19.1 Å². The summed E-state index contributed by atoms with van der Waals surface area (Å²) in [6.07, 6.45) is 2.08. The van der Waals surface area contributed by atoms with E-state index in [9.17, 15) is 9.59 Å². The van der Waals surface area contributed by atoms with Gasteiger partial charge < -0.3 is 19.9 Å². The van der Waals surface area contributed by atoms with Gasteiger partial charge in [0.1, 0.15) is 5.75 Å². The molecule has 2 aromatic carbocycles. The fourth-order valence-electron chi connectivity index (χ4n) is 3.41. The summed E-state index contributed by atoms with van der Waals surface area (Å²) in [6, 6.07) is 12.6. The summed E-state index contributed by atoms with van der Waals surface area (Å²) in [7, 11) is 0. The van der Waals surface area contributed by atoms with Crippen LogP contribution in [0, 0.1) is 0 Å². The van der Waals surface area contributed by atoms with Crippen molar-refractivity contribution in [1.29, 1.82) is 0 Å². The number of unbranched alkanes of at least 4 members (excludes halogenated alkanes) is 1. The molecule has 1 fully saturated rings. The zero-order chi connectivity index (χ0) is 21.5. The fraction of sp³-hybridized carbons (Fsp3) is 0.391. The van der Waals surface area contributed by atoms with Crippen molar-refractivity contribution in [3.8, 4) is 5.75 Å². The van der Waals surface area contributed by atoms with Crippen LogP contribution in [0.5, 0.6) is 5.75 Å². The summed E-state index contributed by atoms with van der Waals surface area (Å²) < 4.78 is 5.66. The van der Waals surface area contributed by atoms with Crippen LogP contribution in [0.2, 0.25) is 5.02 Å². The van der Waals surface area contributed by atoms with Crippen LogP contribution in [0.3, 0.4) is 0 Å². The van der Waals surface area contributed by atoms with Gasteiger partial charge >= 0.3 is 0 Å². The zero-order valence-corrected chi connectivity index (χ0v) is 18.2. The summed E-state index contributed by atoms with van der Waals surface area (Å²) in [5.41, 5.74) is 1.99. The number of rotatable bonds is 7. The average molecular weight is 430 g/mol. The summed E-state index contributed by atoms with van der Waals surface area (Å²) in [5.74, 6) is 0.622. The molecular weight excluding hydrogens is 402 g/mol. The molecule has 0 radical (unpaired) electrons. The highest BCUT2D eigenvalue weighted by Crippen LogP contribution is 2.35. The lowest BCUT2D eigenvalue weighted by Gasteiger charge is -2.37. The minimum absolute atomic E-state index is 0.0736. The van der Waals surface area contributed by atoms with Gasteiger partial charge in [-0.25, -0.2) is 0 Å². The van der Waals surface area contributed by atoms with Crippen LogP contribution in [0.1, 0.15) is 37.0 Å². The van der Waals surface area contributed by atoms with Gasteiger partial charge in [0, 0.05) is 38.7 Å². The predicted octanol–water partition coefficient (Wildman–Crippen LogP) is 4.44. The Morgan fingerprint density at radius 3 is 2.40 bits per heavy atom. The number of nitrogens with one attached hydrogen (secondary N) is 1. The minimum atomic E-state index is -0.207. The highest BCUT2D eigenvalue weighted by Gasteiger charge is 2.23. The van der Waals surface area contributed by atoms with Crippen molar-refractivity contribution in [2.45, 2.75) is 26.7 Å². The zero-order valence-electron chi connectivity index (χ0n) is 17.5. The maximum Gasteiger partial charge on any atom is 0.255 e. The maximum absolute atomic E-state index is 12.8. The van der Waals surface area contributed by atoms with Gasteiger partial charge in [0.15, 0.2) is 0 Å². The number of benzene rings is 2. The van der Waals surface area contributed by atoms with Gasteiger partial charge in [0.2, 0.25) is 5.91 Å². The Hall–Kier alpha value is -2.73. The largest absolute Gasteiger partial charge is 0.494 e. The second-order valence-corrected chi connectivity index (χ2v) is 7.72. The van der Waals surface area contributed by atoms with E-state index in [1.807, 2.05) is 35.2 Å². The first-order chi connectivity index (χ1) is 14.5. The molecule has 30 heavy (non-hydrogen) atoms. The minimum Gasteiger partial charge on any atom is -0.494 e. The van der Waals surface area contributed by atoms with Gasteiger partial charge in [-0.3, -0.25) is 9.59 Å². The van der Waals surface area contributed by atoms with Gasteiger partial charge in [0.05, 0.1) is 23.0 Å². The summed E-state index contributed by atoms with van der Waals surface area (Å²) in [6.45, 7) is 6.96. The van der Waals surface area contributed by atoms with Gasteiger partial charge in [-0.05, 0) is 42.8 Å². The van der Waals surface area contributed by atoms with E-state index in [0.717, 1.165) is 24.3 Å². The Labute approximate surface area is 182 Å². The first kappa shape index (κ1) is 22.0. The molecule has 1 saturated heterocycles. The van der Waals surface area contributed by atoms with Crippen LogP contribution < -0.4 is 15.0 Å². The molecule has 1 aliphatic rings. The van der Waals surface area contributed by atoms with Crippen molar-refractivity contribution in [2.75, 3.05) is 43.0 Å². The van der Waals surface area contributed by atoms with E-state index in [4.69, 9.17) is 16.3 Å². The second-order valence-electron chi connectivity index (χ2n) is 7.31. The number of nitrogens with zero attached hydrogens (tertiary/aromatic N) is 2. The van der Waals surface area contributed by atoms with E-state index in [0.29, 0.717) is 49.1 Å². The van der Waals surface area contributed by atoms with Crippen molar-refractivity contribution in [3.63, 3.8) is 0 Å². The number of carbonyl (C=O) groups excluding carboxylic acids is 2. The third kappa shape index (κ3) is 5.45. The molecule has 1 heterocycles. The van der Waals surface area contributed by atoms with Gasteiger partial charge in [-0.1, -0.05) is 31.0 Å². The van der Waals surface area contributed by atoms with Gasteiger partial charge in [-0.15, -0.1) is 0 Å². The molecule has 0 atom stereocenters. The van der Waals surface area contributed by atoms with E-state index < -0.39 is 0 Å². The van der Waals surface area contributed by atoms with Crippen LogP contribution in [-0.2, 0) is 4.79 Å². The molecule has 0 bridgehead atoms. The molecule has 0 aliphatic carbocycles. The normalized spacial score (nSPS) is 13.8. The van der Waals surface area contributed by atoms with Crippen molar-refractivity contribution in [3.05, 3.63) is 53.1 Å². The predicted molar refractivity (Wildman–Crippen MR) is 121 cm³/mol. The Morgan fingerprint density at radius 1 is 1.07 bits per heavy atom. The van der Waals surface area contributed by atoms with Crippen molar-refractivity contribution in [2.24, 2.45) is 0 Å². The monoisotopic (exact) mass is 429 g/mol. The lowest BCUT2D eigenvalue weighted by molar-refractivity contribution is -0.129. The van der Waals surface area contributed by atoms with E-state index in [2.05, 4.69) is 17.1 Å². The average Bonchev–Trinajstić information content (AvgIpc) is 2.74. The van der Waals surface area contributed by atoms with Crippen molar-refractivity contribution < 1.29 is 14.3 Å².